The Morgan fingerprint density at radius 2 is 1.82 bits per heavy atom. The molecule has 0 radical (unpaired) electrons. The number of ketones is 1. The molecule has 0 aliphatic carbocycles. The number of allylic oxidation sites excluding steroid dienone is 1. The van der Waals surface area contributed by atoms with Crippen molar-refractivity contribution in [1.82, 2.24) is 0 Å². The van der Waals surface area contributed by atoms with Crippen LogP contribution in [0.5, 0.6) is 5.75 Å². The van der Waals surface area contributed by atoms with Crippen LogP contribution in [-0.2, 0) is 0 Å². The summed E-state index contributed by atoms with van der Waals surface area (Å²) in [6, 6.07) is 12.9. The van der Waals surface area contributed by atoms with Gasteiger partial charge in [-0.1, -0.05) is 18.2 Å². The third-order valence-corrected chi connectivity index (χ3v) is 3.72. The van der Waals surface area contributed by atoms with Crippen LogP contribution in [-0.4, -0.2) is 10.9 Å². The number of phenols is 1. The van der Waals surface area contributed by atoms with Crippen molar-refractivity contribution >= 4 is 22.8 Å². The second-order valence-corrected chi connectivity index (χ2v) is 5.34. The van der Waals surface area contributed by atoms with Gasteiger partial charge in [0.05, 0.1) is 5.56 Å². The van der Waals surface area contributed by atoms with Crippen LogP contribution in [0.25, 0.3) is 17.0 Å². The van der Waals surface area contributed by atoms with E-state index in [-0.39, 0.29) is 11.5 Å². The standard InChI is InChI=1S/C19H16O3/c1-12-9-16(18(21)10-13(12)2)17(20)8-7-15-11-14-5-3-4-6-19(14)22-15/h3-11,21H,1-2H3/b8-7+. The largest absolute Gasteiger partial charge is 0.507 e. The molecule has 0 aliphatic heterocycles. The first-order chi connectivity index (χ1) is 10.5. The maximum absolute atomic E-state index is 12.2. The van der Waals surface area contributed by atoms with Gasteiger partial charge in [-0.05, 0) is 61.4 Å². The van der Waals surface area contributed by atoms with E-state index in [1.807, 2.05) is 44.2 Å². The van der Waals surface area contributed by atoms with Gasteiger partial charge in [0.25, 0.3) is 0 Å². The van der Waals surface area contributed by atoms with Crippen LogP contribution in [0.3, 0.4) is 0 Å². The van der Waals surface area contributed by atoms with Crippen LogP contribution >= 0.6 is 0 Å². The van der Waals surface area contributed by atoms with Gasteiger partial charge < -0.3 is 9.52 Å². The molecule has 0 bridgehead atoms. The number of phenolic OH excluding ortho intramolecular Hbond substituents is 1. The molecule has 1 aromatic heterocycles. The number of aromatic hydroxyl groups is 1. The molecule has 0 atom stereocenters. The van der Waals surface area contributed by atoms with Gasteiger partial charge >= 0.3 is 0 Å². The minimum Gasteiger partial charge on any atom is -0.507 e. The molecule has 0 saturated carbocycles. The minimum atomic E-state index is -0.249. The summed E-state index contributed by atoms with van der Waals surface area (Å²) >= 11 is 0. The summed E-state index contributed by atoms with van der Waals surface area (Å²) in [5, 5.41) is 10.9. The molecule has 0 unspecified atom stereocenters. The van der Waals surface area contributed by atoms with Gasteiger partial charge in [-0.25, -0.2) is 0 Å². The number of para-hydroxylation sites is 1. The Morgan fingerprint density at radius 3 is 2.59 bits per heavy atom. The van der Waals surface area contributed by atoms with E-state index in [0.717, 1.165) is 22.1 Å². The lowest BCUT2D eigenvalue weighted by Crippen LogP contribution is -1.97. The van der Waals surface area contributed by atoms with Gasteiger partial charge in [0, 0.05) is 5.39 Å². The van der Waals surface area contributed by atoms with Crippen LogP contribution in [0.2, 0.25) is 0 Å². The Morgan fingerprint density at radius 1 is 1.09 bits per heavy atom. The highest BCUT2D eigenvalue weighted by Crippen LogP contribution is 2.24. The number of aryl methyl sites for hydroxylation is 2. The van der Waals surface area contributed by atoms with Crippen molar-refractivity contribution < 1.29 is 14.3 Å². The fraction of sp³-hybridized carbons (Fsp3) is 0.105. The fourth-order valence-corrected chi connectivity index (χ4v) is 2.33. The predicted molar refractivity (Wildman–Crippen MR) is 87.2 cm³/mol. The van der Waals surface area contributed by atoms with E-state index < -0.39 is 0 Å². The lowest BCUT2D eigenvalue weighted by Gasteiger charge is -2.05. The van der Waals surface area contributed by atoms with E-state index >= 15 is 0 Å². The van der Waals surface area contributed by atoms with Gasteiger partial charge in [-0.2, -0.15) is 0 Å². The van der Waals surface area contributed by atoms with Crippen molar-refractivity contribution in [3.63, 3.8) is 0 Å². The number of rotatable bonds is 3. The second kappa shape index (κ2) is 5.53. The molecule has 1 N–H and O–H groups in total. The highest BCUT2D eigenvalue weighted by molar-refractivity contribution is 6.08. The molecule has 3 aromatic rings. The number of furan rings is 1. The van der Waals surface area contributed by atoms with Gasteiger partial charge in [0.15, 0.2) is 5.78 Å². The normalized spacial score (nSPS) is 11.4. The lowest BCUT2D eigenvalue weighted by molar-refractivity contribution is 0.104. The van der Waals surface area contributed by atoms with E-state index in [0.29, 0.717) is 11.3 Å². The van der Waals surface area contributed by atoms with Crippen molar-refractivity contribution in [2.45, 2.75) is 13.8 Å². The number of carbonyl (C=O) groups is 1. The third kappa shape index (κ3) is 2.66. The maximum Gasteiger partial charge on any atom is 0.189 e. The molecule has 1 heterocycles. The van der Waals surface area contributed by atoms with Gasteiger partial charge in [0.1, 0.15) is 17.1 Å². The zero-order valence-corrected chi connectivity index (χ0v) is 12.5. The van der Waals surface area contributed by atoms with E-state index in [1.54, 1.807) is 18.2 Å². The van der Waals surface area contributed by atoms with Crippen molar-refractivity contribution in [3.05, 3.63) is 71.0 Å². The van der Waals surface area contributed by atoms with Gasteiger partial charge in [0.2, 0.25) is 0 Å². The molecular weight excluding hydrogens is 276 g/mol. The van der Waals surface area contributed by atoms with Crippen molar-refractivity contribution in [1.29, 1.82) is 0 Å². The molecule has 0 saturated heterocycles. The third-order valence-electron chi connectivity index (χ3n) is 3.72. The summed E-state index contributed by atoms with van der Waals surface area (Å²) in [7, 11) is 0. The van der Waals surface area contributed by atoms with Crippen LogP contribution in [0.1, 0.15) is 27.2 Å². The lowest BCUT2D eigenvalue weighted by atomic mass is 10.0. The summed E-state index contributed by atoms with van der Waals surface area (Å²) in [5.74, 6) is 0.362. The van der Waals surface area contributed by atoms with Gasteiger partial charge in [-0.3, -0.25) is 4.79 Å². The SMILES string of the molecule is Cc1cc(O)c(C(=O)/C=C/c2cc3ccccc3o2)cc1C. The highest BCUT2D eigenvalue weighted by Gasteiger charge is 2.10. The first-order valence-electron chi connectivity index (χ1n) is 7.06. The summed E-state index contributed by atoms with van der Waals surface area (Å²) in [6.07, 6.45) is 3.04. The Bertz CT molecular complexity index is 852. The molecule has 2 aromatic carbocycles. The average molecular weight is 292 g/mol. The van der Waals surface area contributed by atoms with Crippen LogP contribution < -0.4 is 0 Å². The molecule has 0 fully saturated rings. The predicted octanol–water partition coefficient (Wildman–Crippen LogP) is 4.65. The zero-order valence-electron chi connectivity index (χ0n) is 12.5. The molecule has 3 nitrogen and oxygen atoms in total. The molecule has 0 amide bonds. The van der Waals surface area contributed by atoms with Crippen LogP contribution in [0.15, 0.2) is 53.0 Å². The Labute approximate surface area is 128 Å². The number of hydrogen-bond donors (Lipinski definition) is 1. The monoisotopic (exact) mass is 292 g/mol. The Hall–Kier alpha value is -2.81. The van der Waals surface area contributed by atoms with E-state index in [2.05, 4.69) is 0 Å². The molecule has 22 heavy (non-hydrogen) atoms. The fourth-order valence-electron chi connectivity index (χ4n) is 2.33. The first-order valence-corrected chi connectivity index (χ1v) is 7.06. The van der Waals surface area contributed by atoms with E-state index in [1.165, 1.54) is 6.08 Å². The molecule has 0 aliphatic rings. The molecule has 0 spiro atoms. The topological polar surface area (TPSA) is 50.4 Å². The van der Waals surface area contributed by atoms with Crippen molar-refractivity contribution in [2.24, 2.45) is 0 Å². The maximum atomic E-state index is 12.2. The Balaban J connectivity index is 1.89. The molecule has 3 heteroatoms. The number of carbonyl (C=O) groups excluding carboxylic acids is 1. The molecule has 3 rings (SSSR count). The van der Waals surface area contributed by atoms with E-state index in [4.69, 9.17) is 4.42 Å². The number of benzene rings is 2. The number of hydrogen-bond acceptors (Lipinski definition) is 3. The molecule has 110 valence electrons. The first kappa shape index (κ1) is 14.1. The minimum absolute atomic E-state index is 0.00218. The summed E-state index contributed by atoms with van der Waals surface area (Å²) < 4.78 is 5.63. The van der Waals surface area contributed by atoms with Crippen LogP contribution in [0.4, 0.5) is 0 Å². The summed E-state index contributed by atoms with van der Waals surface area (Å²) in [5.41, 5.74) is 3.01. The quantitative estimate of drug-likeness (QED) is 0.564. The summed E-state index contributed by atoms with van der Waals surface area (Å²) in [4.78, 5) is 12.2. The molecular formula is C19H16O3. The Kier molecular flexibility index (Phi) is 3.55. The van der Waals surface area contributed by atoms with Crippen LogP contribution in [0, 0.1) is 13.8 Å². The van der Waals surface area contributed by atoms with Gasteiger partial charge in [-0.15, -0.1) is 0 Å². The van der Waals surface area contributed by atoms with E-state index in [9.17, 15) is 9.90 Å². The number of fused-ring (bicyclic) bond motifs is 1. The average Bonchev–Trinajstić information content (AvgIpc) is 2.91. The smallest absolute Gasteiger partial charge is 0.189 e. The summed E-state index contributed by atoms with van der Waals surface area (Å²) in [6.45, 7) is 3.81. The van der Waals surface area contributed by atoms with Crippen molar-refractivity contribution in [3.8, 4) is 5.75 Å². The van der Waals surface area contributed by atoms with Crippen molar-refractivity contribution in [2.75, 3.05) is 0 Å². The highest BCUT2D eigenvalue weighted by atomic mass is 16.3. The zero-order chi connectivity index (χ0) is 15.7. The second-order valence-electron chi connectivity index (χ2n) is 5.34.